The molecule has 1 atom stereocenters. The van der Waals surface area contributed by atoms with Crippen molar-refractivity contribution in [2.45, 2.75) is 271 Å². The second-order valence-corrected chi connectivity index (χ2v) is 18.1. The van der Waals surface area contributed by atoms with E-state index in [-0.39, 0.29) is 37.5 Å². The molecule has 0 fully saturated rings. The van der Waals surface area contributed by atoms with Crippen LogP contribution < -0.4 is 0 Å². The number of hydrogen-bond acceptors (Lipinski definition) is 6. The first-order chi connectivity index (χ1) is 32.0. The van der Waals surface area contributed by atoms with E-state index in [0.717, 1.165) is 89.9 Å². The van der Waals surface area contributed by atoms with Gasteiger partial charge in [-0.25, -0.2) is 0 Å². The number of allylic oxidation sites excluding steroid dienone is 12. The van der Waals surface area contributed by atoms with Gasteiger partial charge in [0, 0.05) is 19.3 Å². The van der Waals surface area contributed by atoms with E-state index in [9.17, 15) is 14.4 Å². The molecule has 374 valence electrons. The quantitative estimate of drug-likeness (QED) is 0.0262. The van der Waals surface area contributed by atoms with Crippen molar-refractivity contribution in [3.63, 3.8) is 0 Å². The SMILES string of the molecule is CCCCC/C=C/C/C=C/C/C=C/C/C=C/CCCC(=O)OC[C@@H](COC(=O)CCCCCCCCCCCCCCCCC)OC(=O)CCCCCCC/C=C/C/C=C/CCCCC. The van der Waals surface area contributed by atoms with Gasteiger partial charge in [-0.05, 0) is 89.9 Å². The number of carbonyl (C=O) groups excluding carboxylic acids is 3. The standard InChI is InChI=1S/C59H102O6/c1-4-7-10-13-16-19-22-25-28-29-32-34-37-40-43-46-49-52-58(61)64-55-56(65-59(62)53-50-47-44-41-38-35-31-27-24-21-18-15-12-9-6-3)54-63-57(60)51-48-45-42-39-36-33-30-26-23-20-17-14-11-8-5-2/h16,18-19,21,25,27-28,31-32,34,40,43,56H,4-15,17,20,22-24,26,29-30,33,35-39,41-42,44-55H2,1-3H3/b19-16+,21-18+,28-25+,31-27+,34-32+,43-40+/t56-/m1/s1. The van der Waals surface area contributed by atoms with Crippen LogP contribution in [-0.2, 0) is 28.6 Å². The normalized spacial score (nSPS) is 12.6. The third-order valence-electron chi connectivity index (χ3n) is 11.7. The predicted molar refractivity (Wildman–Crippen MR) is 279 cm³/mol. The maximum atomic E-state index is 12.8. The smallest absolute Gasteiger partial charge is 0.306 e. The summed E-state index contributed by atoms with van der Waals surface area (Å²) in [6.45, 7) is 6.54. The number of carbonyl (C=O) groups is 3. The van der Waals surface area contributed by atoms with E-state index in [4.69, 9.17) is 14.2 Å². The molecule has 0 aliphatic heterocycles. The number of unbranched alkanes of at least 4 members (excludes halogenated alkanes) is 26. The molecule has 0 rings (SSSR count). The first-order valence-electron chi connectivity index (χ1n) is 27.4. The molecule has 0 aromatic heterocycles. The highest BCUT2D eigenvalue weighted by atomic mass is 16.6. The van der Waals surface area contributed by atoms with Gasteiger partial charge < -0.3 is 14.2 Å². The molecule has 0 aliphatic rings. The second kappa shape index (κ2) is 53.5. The van der Waals surface area contributed by atoms with Crippen molar-refractivity contribution in [2.24, 2.45) is 0 Å². The fourth-order valence-corrected chi connectivity index (χ4v) is 7.52. The molecule has 0 radical (unpaired) electrons. The molecule has 65 heavy (non-hydrogen) atoms. The molecular weight excluding hydrogens is 805 g/mol. The van der Waals surface area contributed by atoms with Crippen LogP contribution in [0.15, 0.2) is 72.9 Å². The van der Waals surface area contributed by atoms with Gasteiger partial charge in [-0.3, -0.25) is 14.4 Å². The Hall–Kier alpha value is -3.15. The second-order valence-electron chi connectivity index (χ2n) is 18.1. The van der Waals surface area contributed by atoms with Gasteiger partial charge in [0.15, 0.2) is 6.10 Å². The Bertz CT molecular complexity index is 1230. The van der Waals surface area contributed by atoms with Crippen LogP contribution in [0.5, 0.6) is 0 Å². The number of hydrogen-bond donors (Lipinski definition) is 0. The largest absolute Gasteiger partial charge is 0.462 e. The molecule has 0 heterocycles. The predicted octanol–water partition coefficient (Wildman–Crippen LogP) is 18.2. The molecular formula is C59H102O6. The van der Waals surface area contributed by atoms with E-state index in [1.54, 1.807) is 0 Å². The summed E-state index contributed by atoms with van der Waals surface area (Å²) in [5, 5.41) is 0. The van der Waals surface area contributed by atoms with Gasteiger partial charge in [0.2, 0.25) is 0 Å². The van der Waals surface area contributed by atoms with Crippen molar-refractivity contribution in [3.05, 3.63) is 72.9 Å². The third-order valence-corrected chi connectivity index (χ3v) is 11.7. The van der Waals surface area contributed by atoms with Gasteiger partial charge in [-0.1, -0.05) is 229 Å². The average molecular weight is 907 g/mol. The zero-order valence-corrected chi connectivity index (χ0v) is 42.7. The zero-order valence-electron chi connectivity index (χ0n) is 42.7. The van der Waals surface area contributed by atoms with E-state index in [2.05, 4.69) is 93.7 Å². The molecule has 0 spiro atoms. The summed E-state index contributed by atoms with van der Waals surface area (Å²) >= 11 is 0. The molecule has 0 aliphatic carbocycles. The summed E-state index contributed by atoms with van der Waals surface area (Å²) in [5.41, 5.74) is 0. The van der Waals surface area contributed by atoms with Gasteiger partial charge in [0.25, 0.3) is 0 Å². The minimum absolute atomic E-state index is 0.0963. The van der Waals surface area contributed by atoms with E-state index >= 15 is 0 Å². The van der Waals surface area contributed by atoms with E-state index in [1.807, 2.05) is 0 Å². The number of rotatable bonds is 49. The highest BCUT2D eigenvalue weighted by Crippen LogP contribution is 2.15. The lowest BCUT2D eigenvalue weighted by molar-refractivity contribution is -0.167. The van der Waals surface area contributed by atoms with Crippen molar-refractivity contribution in [3.8, 4) is 0 Å². The molecule has 0 bridgehead atoms. The Kier molecular flexibility index (Phi) is 50.9. The van der Waals surface area contributed by atoms with Crippen LogP contribution in [0.3, 0.4) is 0 Å². The number of ether oxygens (including phenoxy) is 3. The van der Waals surface area contributed by atoms with Crippen LogP contribution in [0, 0.1) is 0 Å². The van der Waals surface area contributed by atoms with Crippen LogP contribution >= 0.6 is 0 Å². The van der Waals surface area contributed by atoms with Crippen molar-refractivity contribution < 1.29 is 28.6 Å². The average Bonchev–Trinajstić information content (AvgIpc) is 3.30. The minimum atomic E-state index is -0.803. The summed E-state index contributed by atoms with van der Waals surface area (Å²) in [6, 6.07) is 0. The molecule has 0 aromatic rings. The fourth-order valence-electron chi connectivity index (χ4n) is 7.52. The Balaban J connectivity index is 4.48. The summed E-state index contributed by atoms with van der Waals surface area (Å²) in [7, 11) is 0. The van der Waals surface area contributed by atoms with Crippen molar-refractivity contribution in [1.82, 2.24) is 0 Å². The Morgan fingerprint density at radius 3 is 0.954 bits per heavy atom. The first-order valence-corrected chi connectivity index (χ1v) is 27.4. The summed E-state index contributed by atoms with van der Waals surface area (Å²) in [4.78, 5) is 38.0. The van der Waals surface area contributed by atoms with Gasteiger partial charge in [0.05, 0.1) is 0 Å². The maximum absolute atomic E-state index is 12.8. The van der Waals surface area contributed by atoms with Crippen LogP contribution in [0.25, 0.3) is 0 Å². The van der Waals surface area contributed by atoms with Crippen molar-refractivity contribution in [2.75, 3.05) is 13.2 Å². The lowest BCUT2D eigenvalue weighted by atomic mass is 10.0. The Morgan fingerprint density at radius 2 is 0.569 bits per heavy atom. The minimum Gasteiger partial charge on any atom is -0.462 e. The molecule has 0 saturated carbocycles. The summed E-state index contributed by atoms with van der Waals surface area (Å²) < 4.78 is 16.8. The lowest BCUT2D eigenvalue weighted by Crippen LogP contribution is -2.30. The molecule has 0 amide bonds. The topological polar surface area (TPSA) is 78.9 Å². The first kappa shape index (κ1) is 61.9. The van der Waals surface area contributed by atoms with E-state index in [0.29, 0.717) is 19.3 Å². The van der Waals surface area contributed by atoms with Crippen LogP contribution in [0.2, 0.25) is 0 Å². The van der Waals surface area contributed by atoms with Crippen molar-refractivity contribution in [1.29, 1.82) is 0 Å². The number of esters is 3. The highest BCUT2D eigenvalue weighted by Gasteiger charge is 2.19. The van der Waals surface area contributed by atoms with Crippen molar-refractivity contribution >= 4 is 17.9 Å². The zero-order chi connectivity index (χ0) is 47.2. The van der Waals surface area contributed by atoms with Crippen LogP contribution in [0.1, 0.15) is 265 Å². The van der Waals surface area contributed by atoms with Gasteiger partial charge >= 0.3 is 17.9 Å². The van der Waals surface area contributed by atoms with E-state index < -0.39 is 6.10 Å². The highest BCUT2D eigenvalue weighted by molar-refractivity contribution is 5.71. The third kappa shape index (κ3) is 51.7. The summed E-state index contributed by atoms with van der Waals surface area (Å²) in [6.07, 6.45) is 67.4. The molecule has 6 heteroatoms. The molecule has 0 N–H and O–H groups in total. The fraction of sp³-hybridized carbons (Fsp3) is 0.746. The monoisotopic (exact) mass is 907 g/mol. The van der Waals surface area contributed by atoms with E-state index in [1.165, 1.54) is 128 Å². The van der Waals surface area contributed by atoms with Crippen LogP contribution in [0.4, 0.5) is 0 Å². The van der Waals surface area contributed by atoms with Gasteiger partial charge in [0.1, 0.15) is 13.2 Å². The van der Waals surface area contributed by atoms with Gasteiger partial charge in [-0.15, -0.1) is 0 Å². The maximum Gasteiger partial charge on any atom is 0.306 e. The molecule has 0 unspecified atom stereocenters. The molecule has 0 aromatic carbocycles. The Labute approximate surface area is 402 Å². The summed E-state index contributed by atoms with van der Waals surface area (Å²) in [5.74, 6) is -0.963. The van der Waals surface area contributed by atoms with Gasteiger partial charge in [-0.2, -0.15) is 0 Å². The Morgan fingerprint density at radius 1 is 0.308 bits per heavy atom. The molecule has 0 saturated heterocycles. The lowest BCUT2D eigenvalue weighted by Gasteiger charge is -2.18. The molecule has 6 nitrogen and oxygen atoms in total. The van der Waals surface area contributed by atoms with Crippen LogP contribution in [-0.4, -0.2) is 37.2 Å².